The Morgan fingerprint density at radius 1 is 1.50 bits per heavy atom. The first-order valence-corrected chi connectivity index (χ1v) is 5.32. The van der Waals surface area contributed by atoms with Crippen LogP contribution >= 0.6 is 0 Å². The minimum Gasteiger partial charge on any atom is -0.383 e. The van der Waals surface area contributed by atoms with E-state index in [1.54, 1.807) is 0 Å². The molecule has 0 spiro atoms. The highest BCUT2D eigenvalue weighted by Crippen LogP contribution is 2.24. The van der Waals surface area contributed by atoms with Gasteiger partial charge in [-0.25, -0.2) is 0 Å². The lowest BCUT2D eigenvalue weighted by atomic mass is 10.2. The number of hydrogen-bond acceptors (Lipinski definition) is 2. The predicted octanol–water partition coefficient (Wildman–Crippen LogP) is 1.53. The molecule has 12 heavy (non-hydrogen) atoms. The van der Waals surface area contributed by atoms with Crippen LogP contribution in [0.25, 0.3) is 0 Å². The Balaban J connectivity index is 2.53. The SMILES string of the molecule is Cc1ccc2c(c1)NCCS2=O. The van der Waals surface area contributed by atoms with Gasteiger partial charge < -0.3 is 5.32 Å². The van der Waals surface area contributed by atoms with E-state index in [0.717, 1.165) is 22.9 Å². The second-order valence-corrected chi connectivity index (χ2v) is 4.52. The smallest absolute Gasteiger partial charge is 0.0620 e. The molecule has 0 amide bonds. The molecule has 2 rings (SSSR count). The first-order chi connectivity index (χ1) is 5.77. The summed E-state index contributed by atoms with van der Waals surface area (Å²) in [6.07, 6.45) is 0. The van der Waals surface area contributed by atoms with Crippen molar-refractivity contribution in [3.05, 3.63) is 23.8 Å². The molecule has 0 fully saturated rings. The van der Waals surface area contributed by atoms with Crippen molar-refractivity contribution in [2.24, 2.45) is 0 Å². The normalized spacial score (nSPS) is 21.2. The number of aryl methyl sites for hydroxylation is 1. The molecule has 0 aromatic heterocycles. The lowest BCUT2D eigenvalue weighted by Gasteiger charge is -2.17. The average Bonchev–Trinajstić information content (AvgIpc) is 2.04. The van der Waals surface area contributed by atoms with Gasteiger partial charge in [-0.05, 0) is 24.6 Å². The molecule has 0 bridgehead atoms. The van der Waals surface area contributed by atoms with Crippen LogP contribution in [0.1, 0.15) is 5.56 Å². The van der Waals surface area contributed by atoms with Crippen LogP contribution in [-0.2, 0) is 10.8 Å². The van der Waals surface area contributed by atoms with Crippen molar-refractivity contribution in [1.82, 2.24) is 0 Å². The number of anilines is 1. The molecule has 0 aliphatic carbocycles. The molecule has 1 unspecified atom stereocenters. The zero-order chi connectivity index (χ0) is 8.55. The van der Waals surface area contributed by atoms with E-state index in [1.165, 1.54) is 5.56 Å². The molecule has 1 heterocycles. The summed E-state index contributed by atoms with van der Waals surface area (Å²) >= 11 is 0. The summed E-state index contributed by atoms with van der Waals surface area (Å²) in [5.41, 5.74) is 2.25. The minimum absolute atomic E-state index is 0.732. The van der Waals surface area contributed by atoms with Gasteiger partial charge in [-0.2, -0.15) is 0 Å². The van der Waals surface area contributed by atoms with Crippen molar-refractivity contribution in [2.45, 2.75) is 11.8 Å². The van der Waals surface area contributed by atoms with Crippen molar-refractivity contribution in [3.63, 3.8) is 0 Å². The third-order valence-electron chi connectivity index (χ3n) is 1.98. The van der Waals surface area contributed by atoms with Gasteiger partial charge in [0.25, 0.3) is 0 Å². The second-order valence-electron chi connectivity index (χ2n) is 2.98. The molecule has 64 valence electrons. The zero-order valence-electron chi connectivity index (χ0n) is 6.96. The van der Waals surface area contributed by atoms with E-state index in [-0.39, 0.29) is 0 Å². The van der Waals surface area contributed by atoms with Crippen molar-refractivity contribution in [3.8, 4) is 0 Å². The summed E-state index contributed by atoms with van der Waals surface area (Å²) in [4.78, 5) is 0.951. The highest BCUT2D eigenvalue weighted by Gasteiger charge is 2.14. The largest absolute Gasteiger partial charge is 0.383 e. The summed E-state index contributed by atoms with van der Waals surface area (Å²) in [7, 11) is -0.786. The van der Waals surface area contributed by atoms with Crippen LogP contribution in [0.15, 0.2) is 23.1 Å². The highest BCUT2D eigenvalue weighted by molar-refractivity contribution is 7.85. The minimum atomic E-state index is -0.786. The Kier molecular flexibility index (Phi) is 1.89. The van der Waals surface area contributed by atoms with Crippen LogP contribution in [0.3, 0.4) is 0 Å². The van der Waals surface area contributed by atoms with Crippen LogP contribution in [-0.4, -0.2) is 16.5 Å². The predicted molar refractivity (Wildman–Crippen MR) is 50.9 cm³/mol. The van der Waals surface area contributed by atoms with E-state index in [9.17, 15) is 4.21 Å². The van der Waals surface area contributed by atoms with E-state index < -0.39 is 10.8 Å². The first-order valence-electron chi connectivity index (χ1n) is 4.00. The van der Waals surface area contributed by atoms with Crippen LogP contribution in [0.5, 0.6) is 0 Å². The Labute approximate surface area is 74.4 Å². The second kappa shape index (κ2) is 2.90. The molecular formula is C9H11NOS. The Bertz CT molecular complexity index is 335. The van der Waals surface area contributed by atoms with E-state index in [1.807, 2.05) is 25.1 Å². The maximum absolute atomic E-state index is 11.5. The van der Waals surface area contributed by atoms with Crippen molar-refractivity contribution < 1.29 is 4.21 Å². The van der Waals surface area contributed by atoms with Gasteiger partial charge in [-0.3, -0.25) is 4.21 Å². The maximum Gasteiger partial charge on any atom is 0.0620 e. The molecule has 1 aliphatic rings. The van der Waals surface area contributed by atoms with Gasteiger partial charge in [0.15, 0.2) is 0 Å². The molecule has 3 heteroatoms. The van der Waals surface area contributed by atoms with E-state index >= 15 is 0 Å². The molecular weight excluding hydrogens is 170 g/mol. The molecule has 1 atom stereocenters. The molecule has 2 nitrogen and oxygen atoms in total. The van der Waals surface area contributed by atoms with E-state index in [0.29, 0.717) is 0 Å². The number of rotatable bonds is 0. The summed E-state index contributed by atoms with van der Waals surface area (Å²) in [5.74, 6) is 0.732. The van der Waals surface area contributed by atoms with Crippen LogP contribution in [0, 0.1) is 6.92 Å². The molecule has 0 saturated heterocycles. The monoisotopic (exact) mass is 181 g/mol. The van der Waals surface area contributed by atoms with E-state index in [2.05, 4.69) is 5.32 Å². The molecule has 1 N–H and O–H groups in total. The quantitative estimate of drug-likeness (QED) is 0.657. The third-order valence-corrected chi connectivity index (χ3v) is 3.40. The zero-order valence-corrected chi connectivity index (χ0v) is 7.78. The lowest BCUT2D eigenvalue weighted by Crippen LogP contribution is -2.18. The molecule has 0 saturated carbocycles. The van der Waals surface area contributed by atoms with Crippen molar-refractivity contribution in [1.29, 1.82) is 0 Å². The maximum atomic E-state index is 11.5. The van der Waals surface area contributed by atoms with Crippen LogP contribution in [0.4, 0.5) is 5.69 Å². The summed E-state index contributed by atoms with van der Waals surface area (Å²) < 4.78 is 11.5. The summed E-state index contributed by atoms with van der Waals surface area (Å²) in [6.45, 7) is 2.86. The molecule has 1 aromatic carbocycles. The number of fused-ring (bicyclic) bond motifs is 1. The van der Waals surface area contributed by atoms with Crippen LogP contribution < -0.4 is 5.32 Å². The Morgan fingerprint density at radius 2 is 2.33 bits per heavy atom. The fraction of sp³-hybridized carbons (Fsp3) is 0.333. The number of hydrogen-bond donors (Lipinski definition) is 1. The Hall–Kier alpha value is -0.830. The fourth-order valence-corrected chi connectivity index (χ4v) is 2.47. The standard InChI is InChI=1S/C9H11NOS/c1-7-2-3-9-8(6-7)10-4-5-12(9)11/h2-3,6,10H,4-5H2,1H3. The fourth-order valence-electron chi connectivity index (χ4n) is 1.37. The molecule has 1 aliphatic heterocycles. The van der Waals surface area contributed by atoms with Gasteiger partial charge in [0.05, 0.1) is 21.4 Å². The van der Waals surface area contributed by atoms with Crippen molar-refractivity contribution >= 4 is 16.5 Å². The topological polar surface area (TPSA) is 29.1 Å². The number of benzene rings is 1. The van der Waals surface area contributed by atoms with Gasteiger partial charge in [-0.15, -0.1) is 0 Å². The van der Waals surface area contributed by atoms with Gasteiger partial charge in [-0.1, -0.05) is 6.07 Å². The molecule has 0 radical (unpaired) electrons. The molecule has 1 aromatic rings. The Morgan fingerprint density at radius 3 is 3.17 bits per heavy atom. The highest BCUT2D eigenvalue weighted by atomic mass is 32.2. The van der Waals surface area contributed by atoms with Gasteiger partial charge in [0.1, 0.15) is 0 Å². The lowest BCUT2D eigenvalue weighted by molar-refractivity contribution is 0.682. The third kappa shape index (κ3) is 1.25. The number of nitrogens with one attached hydrogen (secondary N) is 1. The van der Waals surface area contributed by atoms with Crippen LogP contribution in [0.2, 0.25) is 0 Å². The average molecular weight is 181 g/mol. The summed E-state index contributed by atoms with van der Waals surface area (Å²) in [5, 5.41) is 3.24. The van der Waals surface area contributed by atoms with Gasteiger partial charge >= 0.3 is 0 Å². The first kappa shape index (κ1) is 7.80. The van der Waals surface area contributed by atoms with Gasteiger partial charge in [0, 0.05) is 12.3 Å². The van der Waals surface area contributed by atoms with E-state index in [4.69, 9.17) is 0 Å². The summed E-state index contributed by atoms with van der Waals surface area (Å²) in [6, 6.07) is 6.00. The van der Waals surface area contributed by atoms with Gasteiger partial charge in [0.2, 0.25) is 0 Å². The van der Waals surface area contributed by atoms with Crippen molar-refractivity contribution in [2.75, 3.05) is 17.6 Å².